The molecule has 1 rings (SSSR count). The smallest absolute Gasteiger partial charge is 0.0810 e. The van der Waals surface area contributed by atoms with Gasteiger partial charge >= 0.3 is 0 Å². The minimum absolute atomic E-state index is 0.177. The van der Waals surface area contributed by atoms with Gasteiger partial charge in [0, 0.05) is 6.61 Å². The summed E-state index contributed by atoms with van der Waals surface area (Å²) in [6.45, 7) is 10.1. The second-order valence-corrected chi connectivity index (χ2v) is 5.44. The van der Waals surface area contributed by atoms with Crippen molar-refractivity contribution in [2.45, 2.75) is 46.3 Å². The zero-order chi connectivity index (χ0) is 11.3. The molecule has 88 valence electrons. The molecule has 1 aliphatic heterocycles. The Morgan fingerprint density at radius 1 is 1.13 bits per heavy atom. The summed E-state index contributed by atoms with van der Waals surface area (Å²) in [5.74, 6) is 1.14. The predicted molar refractivity (Wildman–Crippen MR) is 66.3 cm³/mol. The van der Waals surface area contributed by atoms with Crippen molar-refractivity contribution in [3.8, 4) is 0 Å². The summed E-state index contributed by atoms with van der Waals surface area (Å²) in [6.07, 6.45) is 1.49. The van der Waals surface area contributed by atoms with Crippen molar-refractivity contribution in [2.75, 3.05) is 19.0 Å². The average molecular weight is 230 g/mol. The summed E-state index contributed by atoms with van der Waals surface area (Å²) in [6, 6.07) is 0. The van der Waals surface area contributed by atoms with Gasteiger partial charge in [-0.1, -0.05) is 0 Å². The van der Waals surface area contributed by atoms with Crippen molar-refractivity contribution in [1.29, 1.82) is 0 Å². The van der Waals surface area contributed by atoms with Gasteiger partial charge in [-0.15, -0.1) is 11.8 Å². The Morgan fingerprint density at radius 3 is 2.53 bits per heavy atom. The van der Waals surface area contributed by atoms with Crippen molar-refractivity contribution in [2.24, 2.45) is 0 Å². The van der Waals surface area contributed by atoms with Crippen LogP contribution in [-0.2, 0) is 9.47 Å². The standard InChI is InChI=1S/C12H22O2S/c1-9-8-14-11(3)10(2)13-6-5-7-15-12(9)4/h10-11H,5-8H2,1-4H3/b12-9-. The summed E-state index contributed by atoms with van der Waals surface area (Å²) in [5, 5.41) is 0. The molecule has 15 heavy (non-hydrogen) atoms. The van der Waals surface area contributed by atoms with Gasteiger partial charge < -0.3 is 9.47 Å². The Kier molecular flexibility index (Phi) is 5.72. The fraction of sp³-hybridized carbons (Fsp3) is 0.833. The van der Waals surface area contributed by atoms with E-state index in [0.717, 1.165) is 25.4 Å². The van der Waals surface area contributed by atoms with Gasteiger partial charge in [0.05, 0.1) is 18.8 Å². The fourth-order valence-corrected chi connectivity index (χ4v) is 2.18. The molecule has 0 spiro atoms. The van der Waals surface area contributed by atoms with Gasteiger partial charge in [-0.25, -0.2) is 0 Å². The molecule has 2 unspecified atom stereocenters. The van der Waals surface area contributed by atoms with Crippen LogP contribution in [0.25, 0.3) is 0 Å². The van der Waals surface area contributed by atoms with Crippen LogP contribution < -0.4 is 0 Å². The van der Waals surface area contributed by atoms with E-state index in [-0.39, 0.29) is 12.2 Å². The van der Waals surface area contributed by atoms with Crippen molar-refractivity contribution in [1.82, 2.24) is 0 Å². The van der Waals surface area contributed by atoms with Crippen molar-refractivity contribution in [3.05, 3.63) is 10.5 Å². The topological polar surface area (TPSA) is 18.5 Å². The first-order valence-electron chi connectivity index (χ1n) is 5.63. The molecule has 3 heteroatoms. The first-order chi connectivity index (χ1) is 7.11. The lowest BCUT2D eigenvalue weighted by atomic mass is 10.2. The van der Waals surface area contributed by atoms with Crippen LogP contribution >= 0.6 is 11.8 Å². The maximum absolute atomic E-state index is 5.77. The molecule has 0 radical (unpaired) electrons. The van der Waals surface area contributed by atoms with Crippen LogP contribution in [0.4, 0.5) is 0 Å². The Balaban J connectivity index is 2.57. The summed E-state index contributed by atoms with van der Waals surface area (Å²) < 4.78 is 11.5. The molecule has 1 heterocycles. The maximum atomic E-state index is 5.77. The van der Waals surface area contributed by atoms with E-state index in [0.29, 0.717) is 0 Å². The molecule has 0 saturated carbocycles. The summed E-state index contributed by atoms with van der Waals surface area (Å²) in [5.41, 5.74) is 1.35. The van der Waals surface area contributed by atoms with Crippen molar-refractivity contribution >= 4 is 11.8 Å². The van der Waals surface area contributed by atoms with Crippen molar-refractivity contribution in [3.63, 3.8) is 0 Å². The van der Waals surface area contributed by atoms with E-state index in [1.54, 1.807) is 0 Å². The van der Waals surface area contributed by atoms with Crippen molar-refractivity contribution < 1.29 is 9.47 Å². The molecule has 0 aromatic heterocycles. The molecule has 0 N–H and O–H groups in total. The monoisotopic (exact) mass is 230 g/mol. The van der Waals surface area contributed by atoms with E-state index in [1.807, 2.05) is 11.8 Å². The number of rotatable bonds is 0. The number of allylic oxidation sites excluding steroid dienone is 1. The van der Waals surface area contributed by atoms with Crippen LogP contribution in [0.1, 0.15) is 34.1 Å². The normalized spacial score (nSPS) is 36.0. The number of hydrogen-bond donors (Lipinski definition) is 0. The molecule has 0 aliphatic carbocycles. The molecule has 0 aromatic rings. The van der Waals surface area contributed by atoms with Gasteiger partial charge in [0.25, 0.3) is 0 Å². The number of thioether (sulfide) groups is 1. The van der Waals surface area contributed by atoms with E-state index >= 15 is 0 Å². The molecule has 0 amide bonds. The first-order valence-corrected chi connectivity index (χ1v) is 6.62. The van der Waals surface area contributed by atoms with E-state index in [1.165, 1.54) is 10.5 Å². The van der Waals surface area contributed by atoms with Crippen LogP contribution in [-0.4, -0.2) is 31.2 Å². The second-order valence-electron chi connectivity index (χ2n) is 4.13. The van der Waals surface area contributed by atoms with Gasteiger partial charge in [0.15, 0.2) is 0 Å². The lowest BCUT2D eigenvalue weighted by molar-refractivity contribution is -0.0494. The maximum Gasteiger partial charge on any atom is 0.0810 e. The molecule has 0 aromatic carbocycles. The minimum atomic E-state index is 0.177. The Labute approximate surface area is 97.4 Å². The molecular weight excluding hydrogens is 208 g/mol. The molecule has 0 saturated heterocycles. The van der Waals surface area contributed by atoms with Crippen LogP contribution in [0, 0.1) is 0 Å². The van der Waals surface area contributed by atoms with E-state index in [2.05, 4.69) is 27.7 Å². The molecular formula is C12H22O2S. The Hall–Kier alpha value is 0.01000. The fourth-order valence-electron chi connectivity index (χ4n) is 1.31. The summed E-state index contributed by atoms with van der Waals surface area (Å²) >= 11 is 1.91. The number of hydrogen-bond acceptors (Lipinski definition) is 3. The molecule has 1 aliphatic rings. The SMILES string of the molecule is C/C1=C(\C)SCCCOC(C)C(C)OC1. The van der Waals surface area contributed by atoms with Crippen LogP contribution in [0.2, 0.25) is 0 Å². The zero-order valence-electron chi connectivity index (χ0n) is 10.2. The Morgan fingerprint density at radius 2 is 1.80 bits per heavy atom. The van der Waals surface area contributed by atoms with Gasteiger partial charge in [0.2, 0.25) is 0 Å². The number of ether oxygens (including phenoxy) is 2. The van der Waals surface area contributed by atoms with E-state index < -0.39 is 0 Å². The van der Waals surface area contributed by atoms with Gasteiger partial charge in [-0.05, 0) is 50.3 Å². The third kappa shape index (κ3) is 4.58. The average Bonchev–Trinajstić information content (AvgIpc) is 2.24. The largest absolute Gasteiger partial charge is 0.376 e. The zero-order valence-corrected chi connectivity index (χ0v) is 11.0. The first kappa shape index (κ1) is 13.1. The third-order valence-corrected chi connectivity index (χ3v) is 4.09. The lowest BCUT2D eigenvalue weighted by Crippen LogP contribution is -2.27. The summed E-state index contributed by atoms with van der Waals surface area (Å²) in [7, 11) is 0. The molecule has 2 atom stereocenters. The highest BCUT2D eigenvalue weighted by molar-refractivity contribution is 8.03. The lowest BCUT2D eigenvalue weighted by Gasteiger charge is -2.20. The summed E-state index contributed by atoms with van der Waals surface area (Å²) in [4.78, 5) is 1.40. The minimum Gasteiger partial charge on any atom is -0.376 e. The predicted octanol–water partition coefficient (Wildman–Crippen LogP) is 3.23. The Bertz CT molecular complexity index is 226. The molecule has 0 fully saturated rings. The second kappa shape index (κ2) is 6.56. The van der Waals surface area contributed by atoms with Gasteiger partial charge in [-0.2, -0.15) is 0 Å². The van der Waals surface area contributed by atoms with Crippen LogP contribution in [0.3, 0.4) is 0 Å². The highest BCUT2D eigenvalue weighted by atomic mass is 32.2. The van der Waals surface area contributed by atoms with Gasteiger partial charge in [-0.3, -0.25) is 0 Å². The van der Waals surface area contributed by atoms with Gasteiger partial charge in [0.1, 0.15) is 0 Å². The van der Waals surface area contributed by atoms with Crippen LogP contribution in [0.5, 0.6) is 0 Å². The highest BCUT2D eigenvalue weighted by Gasteiger charge is 2.14. The third-order valence-electron chi connectivity index (χ3n) is 2.81. The molecule has 0 bridgehead atoms. The molecule has 2 nitrogen and oxygen atoms in total. The highest BCUT2D eigenvalue weighted by Crippen LogP contribution is 2.21. The van der Waals surface area contributed by atoms with E-state index in [9.17, 15) is 0 Å². The quantitative estimate of drug-likeness (QED) is 0.636. The van der Waals surface area contributed by atoms with E-state index in [4.69, 9.17) is 9.47 Å². The van der Waals surface area contributed by atoms with Crippen LogP contribution in [0.15, 0.2) is 10.5 Å².